The maximum atomic E-state index is 11.2. The molecule has 1 N–H and O–H groups in total. The third-order valence-corrected chi connectivity index (χ3v) is 1.69. The van der Waals surface area contributed by atoms with Gasteiger partial charge < -0.3 is 10.2 Å². The van der Waals surface area contributed by atoms with Crippen LogP contribution in [-0.4, -0.2) is 41.4 Å². The van der Waals surface area contributed by atoms with Crippen LogP contribution >= 0.6 is 0 Å². The molecule has 76 valence electrons. The van der Waals surface area contributed by atoms with Crippen molar-refractivity contribution in [2.24, 2.45) is 0 Å². The quantitative estimate of drug-likeness (QED) is 0.751. The first kappa shape index (κ1) is 10.4. The maximum absolute atomic E-state index is 11.2. The Morgan fingerprint density at radius 3 is 2.86 bits per heavy atom. The SMILES string of the molecule is Cc1ccnc(NCC(=O)N(C)C)n1. The topological polar surface area (TPSA) is 58.1 Å². The Balaban J connectivity index is 2.50. The molecule has 0 aliphatic heterocycles. The Labute approximate surface area is 83.2 Å². The van der Waals surface area contributed by atoms with E-state index in [0.29, 0.717) is 5.95 Å². The molecule has 0 saturated heterocycles. The van der Waals surface area contributed by atoms with Crippen LogP contribution in [0.4, 0.5) is 5.95 Å². The molecule has 1 aromatic heterocycles. The van der Waals surface area contributed by atoms with Gasteiger partial charge in [0, 0.05) is 26.0 Å². The summed E-state index contributed by atoms with van der Waals surface area (Å²) in [6.07, 6.45) is 1.66. The molecule has 0 aliphatic rings. The van der Waals surface area contributed by atoms with Crippen LogP contribution in [0.5, 0.6) is 0 Å². The first-order valence-corrected chi connectivity index (χ1v) is 4.33. The van der Waals surface area contributed by atoms with E-state index in [1.165, 1.54) is 4.90 Å². The third kappa shape index (κ3) is 3.01. The monoisotopic (exact) mass is 194 g/mol. The van der Waals surface area contributed by atoms with Gasteiger partial charge >= 0.3 is 0 Å². The van der Waals surface area contributed by atoms with E-state index in [9.17, 15) is 4.79 Å². The predicted molar refractivity (Wildman–Crippen MR) is 54.0 cm³/mol. The Morgan fingerprint density at radius 2 is 2.29 bits per heavy atom. The molecular formula is C9H14N4O. The second-order valence-electron chi connectivity index (χ2n) is 3.16. The van der Waals surface area contributed by atoms with Gasteiger partial charge in [0.05, 0.1) is 6.54 Å². The van der Waals surface area contributed by atoms with Crippen molar-refractivity contribution in [2.45, 2.75) is 6.92 Å². The lowest BCUT2D eigenvalue weighted by Gasteiger charge is -2.10. The molecule has 0 aliphatic carbocycles. The van der Waals surface area contributed by atoms with Gasteiger partial charge in [-0.2, -0.15) is 0 Å². The third-order valence-electron chi connectivity index (χ3n) is 1.69. The van der Waals surface area contributed by atoms with Gasteiger partial charge in [-0.1, -0.05) is 0 Å². The van der Waals surface area contributed by atoms with Crippen LogP contribution in [0.3, 0.4) is 0 Å². The molecule has 1 heterocycles. The number of carbonyl (C=O) groups is 1. The van der Waals surface area contributed by atoms with Gasteiger partial charge in [0.2, 0.25) is 11.9 Å². The van der Waals surface area contributed by atoms with E-state index < -0.39 is 0 Å². The minimum Gasteiger partial charge on any atom is -0.347 e. The molecular weight excluding hydrogens is 180 g/mol. The first-order chi connectivity index (χ1) is 6.59. The Morgan fingerprint density at radius 1 is 1.57 bits per heavy atom. The number of anilines is 1. The number of nitrogens with zero attached hydrogens (tertiary/aromatic N) is 3. The number of aryl methyl sites for hydroxylation is 1. The highest BCUT2D eigenvalue weighted by atomic mass is 16.2. The average Bonchev–Trinajstić information content (AvgIpc) is 2.14. The predicted octanol–water partition coefficient (Wildman–Crippen LogP) is 0.285. The molecule has 0 atom stereocenters. The van der Waals surface area contributed by atoms with E-state index in [1.807, 2.05) is 6.92 Å². The Bertz CT molecular complexity index is 324. The average molecular weight is 194 g/mol. The Kier molecular flexibility index (Phi) is 3.39. The number of hydrogen-bond donors (Lipinski definition) is 1. The summed E-state index contributed by atoms with van der Waals surface area (Å²) in [6, 6.07) is 1.80. The lowest BCUT2D eigenvalue weighted by Crippen LogP contribution is -2.29. The van der Waals surface area contributed by atoms with Crippen LogP contribution in [-0.2, 0) is 4.79 Å². The van der Waals surface area contributed by atoms with Gasteiger partial charge in [-0.15, -0.1) is 0 Å². The zero-order valence-corrected chi connectivity index (χ0v) is 8.61. The van der Waals surface area contributed by atoms with Crippen LogP contribution < -0.4 is 5.32 Å². The van der Waals surface area contributed by atoms with Crippen LogP contribution in [0.25, 0.3) is 0 Å². The number of nitrogens with one attached hydrogen (secondary N) is 1. The van der Waals surface area contributed by atoms with Crippen molar-refractivity contribution >= 4 is 11.9 Å². The van der Waals surface area contributed by atoms with Gasteiger partial charge in [0.25, 0.3) is 0 Å². The van der Waals surface area contributed by atoms with Gasteiger partial charge in [0.15, 0.2) is 0 Å². The molecule has 1 rings (SSSR count). The van der Waals surface area contributed by atoms with Crippen LogP contribution in [0.1, 0.15) is 5.69 Å². The second-order valence-corrected chi connectivity index (χ2v) is 3.16. The first-order valence-electron chi connectivity index (χ1n) is 4.33. The number of amides is 1. The summed E-state index contributed by atoms with van der Waals surface area (Å²) in [5.74, 6) is 0.482. The molecule has 0 saturated carbocycles. The largest absolute Gasteiger partial charge is 0.347 e. The van der Waals surface area contributed by atoms with Crippen molar-refractivity contribution in [3.63, 3.8) is 0 Å². The lowest BCUT2D eigenvalue weighted by molar-refractivity contribution is -0.126. The minimum absolute atomic E-state index is 0.00453. The van der Waals surface area contributed by atoms with Gasteiger partial charge in [-0.05, 0) is 13.0 Å². The number of rotatable bonds is 3. The van der Waals surface area contributed by atoms with Gasteiger partial charge in [0.1, 0.15) is 0 Å². The van der Waals surface area contributed by atoms with Crippen LogP contribution in [0, 0.1) is 6.92 Å². The molecule has 0 spiro atoms. The molecule has 0 radical (unpaired) electrons. The molecule has 5 nitrogen and oxygen atoms in total. The van der Waals surface area contributed by atoms with E-state index in [2.05, 4.69) is 15.3 Å². The number of carbonyl (C=O) groups excluding carboxylic acids is 1. The van der Waals surface area contributed by atoms with Gasteiger partial charge in [-0.25, -0.2) is 9.97 Å². The maximum Gasteiger partial charge on any atom is 0.241 e. The van der Waals surface area contributed by atoms with E-state index in [1.54, 1.807) is 26.4 Å². The fraction of sp³-hybridized carbons (Fsp3) is 0.444. The van der Waals surface area contributed by atoms with E-state index in [-0.39, 0.29) is 12.5 Å². The highest BCUT2D eigenvalue weighted by Crippen LogP contribution is 1.97. The standard InChI is InChI=1S/C9H14N4O/c1-7-4-5-10-9(12-7)11-6-8(14)13(2)3/h4-5H,6H2,1-3H3,(H,10,11,12). The van der Waals surface area contributed by atoms with E-state index in [0.717, 1.165) is 5.69 Å². The molecule has 14 heavy (non-hydrogen) atoms. The smallest absolute Gasteiger partial charge is 0.241 e. The molecule has 0 unspecified atom stereocenters. The summed E-state index contributed by atoms with van der Waals surface area (Å²) in [5, 5.41) is 2.85. The fourth-order valence-electron chi connectivity index (χ4n) is 0.847. The lowest BCUT2D eigenvalue weighted by atomic mass is 10.4. The molecule has 0 aromatic carbocycles. The summed E-state index contributed by atoms with van der Waals surface area (Å²) < 4.78 is 0. The molecule has 1 amide bonds. The second kappa shape index (κ2) is 4.55. The van der Waals surface area contributed by atoms with Crippen LogP contribution in [0.15, 0.2) is 12.3 Å². The molecule has 0 fully saturated rings. The highest BCUT2D eigenvalue weighted by Gasteiger charge is 2.03. The zero-order valence-electron chi connectivity index (χ0n) is 8.61. The number of aromatic nitrogens is 2. The molecule has 0 bridgehead atoms. The summed E-state index contributed by atoms with van der Waals surface area (Å²) in [4.78, 5) is 20.8. The fourth-order valence-corrected chi connectivity index (χ4v) is 0.847. The van der Waals surface area contributed by atoms with Crippen LogP contribution in [0.2, 0.25) is 0 Å². The minimum atomic E-state index is -0.00453. The molecule has 1 aromatic rings. The summed E-state index contributed by atoms with van der Waals surface area (Å²) in [7, 11) is 3.42. The van der Waals surface area contributed by atoms with Crippen molar-refractivity contribution < 1.29 is 4.79 Å². The van der Waals surface area contributed by atoms with Crippen molar-refractivity contribution in [1.82, 2.24) is 14.9 Å². The summed E-state index contributed by atoms with van der Waals surface area (Å²) >= 11 is 0. The van der Waals surface area contributed by atoms with Crippen molar-refractivity contribution in [1.29, 1.82) is 0 Å². The summed E-state index contributed by atoms with van der Waals surface area (Å²) in [5.41, 5.74) is 0.875. The highest BCUT2D eigenvalue weighted by molar-refractivity contribution is 5.79. The summed E-state index contributed by atoms with van der Waals surface area (Å²) in [6.45, 7) is 2.09. The number of hydrogen-bond acceptors (Lipinski definition) is 4. The van der Waals surface area contributed by atoms with Crippen molar-refractivity contribution in [3.8, 4) is 0 Å². The zero-order chi connectivity index (χ0) is 10.6. The normalized spacial score (nSPS) is 9.64. The number of likely N-dealkylation sites (N-methyl/N-ethyl adjacent to an activating group) is 1. The van der Waals surface area contributed by atoms with E-state index >= 15 is 0 Å². The Hall–Kier alpha value is -1.65. The molecule has 5 heteroatoms. The van der Waals surface area contributed by atoms with Crippen molar-refractivity contribution in [2.75, 3.05) is 26.0 Å². The van der Waals surface area contributed by atoms with Crippen molar-refractivity contribution in [3.05, 3.63) is 18.0 Å². The van der Waals surface area contributed by atoms with Gasteiger partial charge in [-0.3, -0.25) is 4.79 Å². The van der Waals surface area contributed by atoms with E-state index in [4.69, 9.17) is 0 Å².